The van der Waals surface area contributed by atoms with Crippen molar-refractivity contribution in [3.63, 3.8) is 0 Å². The van der Waals surface area contributed by atoms with Gasteiger partial charge < -0.3 is 9.90 Å². The second-order valence-corrected chi connectivity index (χ2v) is 4.50. The van der Waals surface area contributed by atoms with Crippen LogP contribution in [0.15, 0.2) is 12.2 Å². The van der Waals surface area contributed by atoms with Crippen molar-refractivity contribution in [2.24, 2.45) is 5.92 Å². The molecule has 2 nitrogen and oxygen atoms in total. The van der Waals surface area contributed by atoms with E-state index in [1.807, 2.05) is 19.9 Å². The molecule has 0 aliphatic heterocycles. The number of aldehydes is 1. The van der Waals surface area contributed by atoms with Crippen LogP contribution < -0.4 is 0 Å². The number of carbonyl (C=O) groups excluding carboxylic acids is 1. The minimum absolute atomic E-state index is 0.480. The van der Waals surface area contributed by atoms with E-state index in [2.05, 4.69) is 13.0 Å². The van der Waals surface area contributed by atoms with Crippen molar-refractivity contribution in [1.82, 2.24) is 0 Å². The zero-order valence-corrected chi connectivity index (χ0v) is 9.49. The summed E-state index contributed by atoms with van der Waals surface area (Å²) in [6.45, 7) is 5.79. The summed E-state index contributed by atoms with van der Waals surface area (Å²) in [5.74, 6) is 0.480. The first-order valence-electron chi connectivity index (χ1n) is 5.28. The molecule has 0 aromatic rings. The monoisotopic (exact) mass is 198 g/mol. The zero-order chi connectivity index (χ0) is 11.0. The van der Waals surface area contributed by atoms with E-state index in [0.29, 0.717) is 12.3 Å². The zero-order valence-electron chi connectivity index (χ0n) is 9.49. The molecule has 1 atom stereocenters. The maximum Gasteiger partial charge on any atom is 0.120 e. The summed E-state index contributed by atoms with van der Waals surface area (Å²) in [7, 11) is 0. The van der Waals surface area contributed by atoms with Gasteiger partial charge in [0.1, 0.15) is 6.29 Å². The second-order valence-electron chi connectivity index (χ2n) is 4.50. The third-order valence-electron chi connectivity index (χ3n) is 2.13. The van der Waals surface area contributed by atoms with Crippen LogP contribution in [-0.4, -0.2) is 17.0 Å². The van der Waals surface area contributed by atoms with Gasteiger partial charge in [-0.05, 0) is 39.0 Å². The third kappa shape index (κ3) is 9.46. The van der Waals surface area contributed by atoms with Crippen LogP contribution in [0.25, 0.3) is 0 Å². The summed E-state index contributed by atoms with van der Waals surface area (Å²) in [5.41, 5.74) is -0.565. The van der Waals surface area contributed by atoms with E-state index in [1.165, 1.54) is 0 Å². The Bertz CT molecular complexity index is 177. The van der Waals surface area contributed by atoms with Gasteiger partial charge in [-0.25, -0.2) is 0 Å². The van der Waals surface area contributed by atoms with E-state index < -0.39 is 5.60 Å². The molecule has 0 saturated carbocycles. The molecule has 14 heavy (non-hydrogen) atoms. The van der Waals surface area contributed by atoms with Crippen LogP contribution >= 0.6 is 0 Å². The highest BCUT2D eigenvalue weighted by Gasteiger charge is 2.12. The molecule has 0 aromatic heterocycles. The van der Waals surface area contributed by atoms with Gasteiger partial charge in [0.15, 0.2) is 0 Å². The van der Waals surface area contributed by atoms with Gasteiger partial charge >= 0.3 is 0 Å². The van der Waals surface area contributed by atoms with E-state index in [0.717, 1.165) is 25.5 Å². The van der Waals surface area contributed by atoms with Crippen molar-refractivity contribution in [2.75, 3.05) is 0 Å². The first-order chi connectivity index (χ1) is 6.45. The molecule has 0 rings (SSSR count). The number of aliphatic hydroxyl groups is 1. The molecule has 0 aliphatic carbocycles. The second kappa shape index (κ2) is 6.77. The highest BCUT2D eigenvalue weighted by molar-refractivity contribution is 5.49. The van der Waals surface area contributed by atoms with Gasteiger partial charge in [-0.3, -0.25) is 0 Å². The average Bonchev–Trinajstić information content (AvgIpc) is 2.08. The number of unbranched alkanes of at least 4 members (excludes halogenated alkanes) is 1. The summed E-state index contributed by atoms with van der Waals surface area (Å²) in [4.78, 5) is 10.0. The smallest absolute Gasteiger partial charge is 0.120 e. The Balaban J connectivity index is 3.59. The number of allylic oxidation sites excluding steroid dienone is 2. The van der Waals surface area contributed by atoms with Crippen LogP contribution in [0, 0.1) is 5.92 Å². The molecular weight excluding hydrogens is 176 g/mol. The van der Waals surface area contributed by atoms with Crippen molar-refractivity contribution in [1.29, 1.82) is 0 Å². The van der Waals surface area contributed by atoms with Crippen LogP contribution in [-0.2, 0) is 4.79 Å². The fraction of sp³-hybridized carbons (Fsp3) is 0.750. The van der Waals surface area contributed by atoms with Gasteiger partial charge in [0.25, 0.3) is 0 Å². The number of hydrogen-bond acceptors (Lipinski definition) is 2. The lowest BCUT2D eigenvalue weighted by Crippen LogP contribution is -2.18. The van der Waals surface area contributed by atoms with E-state index in [9.17, 15) is 9.90 Å². The van der Waals surface area contributed by atoms with Crippen LogP contribution in [0.2, 0.25) is 0 Å². The fourth-order valence-corrected chi connectivity index (χ4v) is 1.17. The van der Waals surface area contributed by atoms with E-state index >= 15 is 0 Å². The maximum atomic E-state index is 10.0. The van der Waals surface area contributed by atoms with Gasteiger partial charge in [-0.2, -0.15) is 0 Å². The standard InChI is InChI=1S/C12H22O2/c1-11(7-5-4-6-10-13)8-9-12(2,3)14/h5,7,10-11,14H,4,6,8-9H2,1-3H3/b7-5+. The van der Waals surface area contributed by atoms with Crippen LogP contribution in [0.1, 0.15) is 46.5 Å². The van der Waals surface area contributed by atoms with Gasteiger partial charge in [0.2, 0.25) is 0 Å². The summed E-state index contributed by atoms with van der Waals surface area (Å²) in [6.07, 6.45) is 8.34. The summed E-state index contributed by atoms with van der Waals surface area (Å²) >= 11 is 0. The Morgan fingerprint density at radius 2 is 2.00 bits per heavy atom. The quantitative estimate of drug-likeness (QED) is 0.388. The molecule has 0 bridgehead atoms. The van der Waals surface area contributed by atoms with Gasteiger partial charge in [-0.15, -0.1) is 0 Å². The first kappa shape index (κ1) is 13.4. The third-order valence-corrected chi connectivity index (χ3v) is 2.13. The molecule has 0 fully saturated rings. The number of carbonyl (C=O) groups is 1. The van der Waals surface area contributed by atoms with Crippen LogP contribution in [0.3, 0.4) is 0 Å². The molecule has 0 radical (unpaired) electrons. The molecule has 1 unspecified atom stereocenters. The SMILES string of the molecule is CC(/C=C/CCC=O)CCC(C)(C)O. The molecule has 1 N–H and O–H groups in total. The Morgan fingerprint density at radius 3 is 2.50 bits per heavy atom. The Kier molecular flexibility index (Phi) is 6.46. The Hall–Kier alpha value is -0.630. The lowest BCUT2D eigenvalue weighted by Gasteiger charge is -2.18. The molecule has 0 aliphatic rings. The lowest BCUT2D eigenvalue weighted by atomic mass is 9.96. The predicted octanol–water partition coefficient (Wildman–Crippen LogP) is 2.71. The molecular formula is C12H22O2. The molecule has 82 valence electrons. The lowest BCUT2D eigenvalue weighted by molar-refractivity contribution is -0.107. The van der Waals surface area contributed by atoms with Gasteiger partial charge in [0.05, 0.1) is 5.60 Å². The first-order valence-corrected chi connectivity index (χ1v) is 5.28. The van der Waals surface area contributed by atoms with Crippen molar-refractivity contribution in [2.45, 2.75) is 52.1 Å². The summed E-state index contributed by atoms with van der Waals surface area (Å²) in [5, 5.41) is 9.51. The molecule has 0 spiro atoms. The topological polar surface area (TPSA) is 37.3 Å². The van der Waals surface area contributed by atoms with Crippen molar-refractivity contribution < 1.29 is 9.90 Å². The Labute approximate surface area is 87.0 Å². The predicted molar refractivity (Wildman–Crippen MR) is 59.1 cm³/mol. The largest absolute Gasteiger partial charge is 0.390 e. The minimum atomic E-state index is -0.565. The minimum Gasteiger partial charge on any atom is -0.390 e. The summed E-state index contributed by atoms with van der Waals surface area (Å²) < 4.78 is 0. The highest BCUT2D eigenvalue weighted by Crippen LogP contribution is 2.16. The van der Waals surface area contributed by atoms with E-state index in [-0.39, 0.29) is 0 Å². The normalized spacial score (nSPS) is 14.6. The van der Waals surface area contributed by atoms with Gasteiger partial charge in [-0.1, -0.05) is 19.1 Å². The van der Waals surface area contributed by atoms with Crippen LogP contribution in [0.4, 0.5) is 0 Å². The highest BCUT2D eigenvalue weighted by atomic mass is 16.3. The van der Waals surface area contributed by atoms with Crippen molar-refractivity contribution >= 4 is 6.29 Å². The molecule has 0 saturated heterocycles. The van der Waals surface area contributed by atoms with Crippen LogP contribution in [0.5, 0.6) is 0 Å². The molecule has 0 heterocycles. The molecule has 2 heteroatoms. The molecule has 0 aromatic carbocycles. The van der Waals surface area contributed by atoms with E-state index in [4.69, 9.17) is 0 Å². The number of hydrogen-bond donors (Lipinski definition) is 1. The van der Waals surface area contributed by atoms with E-state index in [1.54, 1.807) is 0 Å². The number of rotatable bonds is 7. The summed E-state index contributed by atoms with van der Waals surface area (Å²) in [6, 6.07) is 0. The fourth-order valence-electron chi connectivity index (χ4n) is 1.17. The maximum absolute atomic E-state index is 10.0. The average molecular weight is 198 g/mol. The Morgan fingerprint density at radius 1 is 1.36 bits per heavy atom. The van der Waals surface area contributed by atoms with Crippen molar-refractivity contribution in [3.05, 3.63) is 12.2 Å². The molecule has 0 amide bonds. The van der Waals surface area contributed by atoms with Crippen molar-refractivity contribution in [3.8, 4) is 0 Å². The van der Waals surface area contributed by atoms with Gasteiger partial charge in [0, 0.05) is 6.42 Å².